The van der Waals surface area contributed by atoms with E-state index in [2.05, 4.69) is 48.1 Å². The Morgan fingerprint density at radius 1 is 0.526 bits per heavy atom. The van der Waals surface area contributed by atoms with Crippen LogP contribution in [0.2, 0.25) is 0 Å². The Bertz CT molecular complexity index is 386. The molecule has 0 unspecified atom stereocenters. The molecule has 0 N–H and O–H groups in total. The van der Waals surface area contributed by atoms with Crippen LogP contribution in [0.5, 0.6) is 0 Å². The lowest BCUT2D eigenvalue weighted by Gasteiger charge is -1.96. The normalized spacial score (nSPS) is 9.16. The summed E-state index contributed by atoms with van der Waals surface area (Å²) < 4.78 is 0. The topological polar surface area (TPSA) is 25.8 Å². The third-order valence-electron chi connectivity index (χ3n) is 2.45. The van der Waals surface area contributed by atoms with E-state index < -0.39 is 0 Å². The average Bonchev–Trinajstić information content (AvgIpc) is 2.12. The quantitative estimate of drug-likeness (QED) is 0.632. The second kappa shape index (κ2) is 8.25. The van der Waals surface area contributed by atoms with Crippen LogP contribution in [0, 0.1) is 41.5 Å². The number of hydrogen-bond acceptors (Lipinski definition) is 2. The molecule has 0 atom stereocenters. The molecule has 0 amide bonds. The van der Waals surface area contributed by atoms with Gasteiger partial charge in [-0.2, -0.15) is 0 Å². The molecule has 0 bridgehead atoms. The zero-order valence-electron chi connectivity index (χ0n) is 12.6. The van der Waals surface area contributed by atoms with E-state index in [1.807, 2.05) is 27.7 Å². The van der Waals surface area contributed by atoms with Gasteiger partial charge in [0, 0.05) is 22.8 Å². The second-order valence-electron chi connectivity index (χ2n) is 4.85. The summed E-state index contributed by atoms with van der Waals surface area (Å²) in [4.78, 5) is 8.47. The van der Waals surface area contributed by atoms with Crippen LogP contribution in [0.1, 0.15) is 33.9 Å². The first-order chi connectivity index (χ1) is 8.36. The van der Waals surface area contributed by atoms with E-state index in [0.717, 1.165) is 22.8 Å². The van der Waals surface area contributed by atoms with Crippen LogP contribution in [0.15, 0.2) is 24.3 Å². The summed E-state index contributed by atoms with van der Waals surface area (Å²) in [7, 11) is 0. The van der Waals surface area contributed by atoms with Gasteiger partial charge >= 0.3 is 0 Å². The highest BCUT2D eigenvalue weighted by Crippen LogP contribution is 2.02. The smallest absolute Gasteiger partial charge is 0.0378 e. The summed E-state index contributed by atoms with van der Waals surface area (Å²) >= 11 is 0. The van der Waals surface area contributed by atoms with Gasteiger partial charge in [-0.15, -0.1) is 24.0 Å². The summed E-state index contributed by atoms with van der Waals surface area (Å²) in [6, 6.07) is 8.31. The summed E-state index contributed by atoms with van der Waals surface area (Å²) in [5, 5.41) is 0. The molecule has 0 aromatic carbocycles. The van der Waals surface area contributed by atoms with Gasteiger partial charge in [-0.3, -0.25) is 9.97 Å². The van der Waals surface area contributed by atoms with Crippen LogP contribution in [0.4, 0.5) is 0 Å². The van der Waals surface area contributed by atoms with Crippen LogP contribution in [0.25, 0.3) is 0 Å². The lowest BCUT2D eigenvalue weighted by atomic mass is 10.2. The highest BCUT2D eigenvalue weighted by molar-refractivity contribution is 14.0. The van der Waals surface area contributed by atoms with Crippen molar-refractivity contribution in [2.45, 2.75) is 41.5 Å². The van der Waals surface area contributed by atoms with E-state index in [1.54, 1.807) is 0 Å². The monoisotopic (exact) mass is 370 g/mol. The summed E-state index contributed by atoms with van der Waals surface area (Å²) in [6.07, 6.45) is 0. The van der Waals surface area contributed by atoms with Crippen LogP contribution in [0.3, 0.4) is 0 Å². The van der Waals surface area contributed by atoms with E-state index in [4.69, 9.17) is 0 Å². The summed E-state index contributed by atoms with van der Waals surface area (Å²) in [5.41, 5.74) is 7.00. The third kappa shape index (κ3) is 7.25. The predicted molar refractivity (Wildman–Crippen MR) is 92.3 cm³/mol. The molecule has 0 fully saturated rings. The molecule has 2 aromatic rings. The van der Waals surface area contributed by atoms with Gasteiger partial charge < -0.3 is 0 Å². The Kier molecular flexibility index (Phi) is 7.83. The lowest BCUT2D eigenvalue weighted by molar-refractivity contribution is 1.10. The number of aryl methyl sites for hydroxylation is 6. The molecular weight excluding hydrogens is 347 g/mol. The molecule has 19 heavy (non-hydrogen) atoms. The lowest BCUT2D eigenvalue weighted by Crippen LogP contribution is -1.85. The van der Waals surface area contributed by atoms with Crippen molar-refractivity contribution in [2.24, 2.45) is 0 Å². The van der Waals surface area contributed by atoms with Crippen LogP contribution >= 0.6 is 24.0 Å². The number of aromatic nitrogens is 2. The number of nitrogens with zero attached hydrogens (tertiary/aromatic N) is 2. The fourth-order valence-electron chi connectivity index (χ4n) is 2.09. The first-order valence-corrected chi connectivity index (χ1v) is 6.20. The van der Waals surface area contributed by atoms with Crippen molar-refractivity contribution in [3.63, 3.8) is 0 Å². The maximum atomic E-state index is 4.23. The fourth-order valence-corrected chi connectivity index (χ4v) is 2.09. The van der Waals surface area contributed by atoms with Crippen molar-refractivity contribution in [1.82, 2.24) is 9.97 Å². The number of halogens is 1. The van der Waals surface area contributed by atoms with E-state index >= 15 is 0 Å². The zero-order valence-corrected chi connectivity index (χ0v) is 14.9. The van der Waals surface area contributed by atoms with Gasteiger partial charge in [0.1, 0.15) is 0 Å². The third-order valence-corrected chi connectivity index (χ3v) is 2.45. The molecule has 2 heterocycles. The fraction of sp³-hybridized carbons (Fsp3) is 0.375. The molecule has 0 saturated carbocycles. The Balaban J connectivity index is 0.000000324. The van der Waals surface area contributed by atoms with Gasteiger partial charge in [-0.1, -0.05) is 0 Å². The number of rotatable bonds is 0. The van der Waals surface area contributed by atoms with Gasteiger partial charge in [-0.25, -0.2) is 0 Å². The largest absolute Gasteiger partial charge is 0.258 e. The minimum absolute atomic E-state index is 0. The van der Waals surface area contributed by atoms with Crippen molar-refractivity contribution in [1.29, 1.82) is 0 Å². The Morgan fingerprint density at radius 2 is 0.737 bits per heavy atom. The number of pyridine rings is 2. The minimum atomic E-state index is 0. The zero-order chi connectivity index (χ0) is 13.7. The first-order valence-electron chi connectivity index (χ1n) is 6.20. The molecular formula is C16H23IN2. The average molecular weight is 370 g/mol. The molecule has 2 nitrogen and oxygen atoms in total. The predicted octanol–water partition coefficient (Wildman–Crippen LogP) is 4.63. The maximum absolute atomic E-state index is 4.23. The highest BCUT2D eigenvalue weighted by atomic mass is 127. The number of hydrogen-bond donors (Lipinski definition) is 0. The molecule has 3 heteroatoms. The van der Waals surface area contributed by atoms with Crippen molar-refractivity contribution in [3.8, 4) is 0 Å². The van der Waals surface area contributed by atoms with Gasteiger partial charge in [0.05, 0.1) is 0 Å². The van der Waals surface area contributed by atoms with E-state index in [-0.39, 0.29) is 24.0 Å². The van der Waals surface area contributed by atoms with E-state index in [0.29, 0.717) is 0 Å². The molecule has 0 aliphatic heterocycles. The summed E-state index contributed by atoms with van der Waals surface area (Å²) in [5.74, 6) is 0. The Labute approximate surface area is 133 Å². The van der Waals surface area contributed by atoms with Crippen LogP contribution in [-0.2, 0) is 0 Å². The maximum Gasteiger partial charge on any atom is 0.0378 e. The van der Waals surface area contributed by atoms with Gasteiger partial charge in [0.25, 0.3) is 0 Å². The Morgan fingerprint density at radius 3 is 0.895 bits per heavy atom. The van der Waals surface area contributed by atoms with Crippen LogP contribution in [-0.4, -0.2) is 9.97 Å². The summed E-state index contributed by atoms with van der Waals surface area (Å²) in [6.45, 7) is 12.2. The highest BCUT2D eigenvalue weighted by Gasteiger charge is 1.89. The molecule has 2 rings (SSSR count). The van der Waals surface area contributed by atoms with Gasteiger partial charge in [-0.05, 0) is 76.9 Å². The molecule has 0 aliphatic rings. The standard InChI is InChI=1S/2C8H11N.HI/c2*1-6-4-7(2)9-8(3)5-6;/h2*4-5H,1-3H3;1H. The Hall–Kier alpha value is -0.970. The molecule has 0 spiro atoms. The van der Waals surface area contributed by atoms with E-state index in [9.17, 15) is 0 Å². The van der Waals surface area contributed by atoms with Crippen molar-refractivity contribution < 1.29 is 0 Å². The van der Waals surface area contributed by atoms with Gasteiger partial charge in [0.15, 0.2) is 0 Å². The SMILES string of the molecule is Cc1cc(C)nc(C)c1.Cc1cc(C)nc(C)c1.I. The molecule has 0 aliphatic carbocycles. The molecule has 0 radical (unpaired) electrons. The molecule has 0 saturated heterocycles. The first kappa shape index (κ1) is 18.0. The second-order valence-corrected chi connectivity index (χ2v) is 4.85. The minimum Gasteiger partial charge on any atom is -0.258 e. The van der Waals surface area contributed by atoms with Crippen molar-refractivity contribution in [2.75, 3.05) is 0 Å². The molecule has 2 aromatic heterocycles. The van der Waals surface area contributed by atoms with Gasteiger partial charge in [0.2, 0.25) is 0 Å². The van der Waals surface area contributed by atoms with E-state index in [1.165, 1.54) is 11.1 Å². The van der Waals surface area contributed by atoms with Crippen LogP contribution < -0.4 is 0 Å². The molecule has 104 valence electrons. The van der Waals surface area contributed by atoms with Crippen molar-refractivity contribution in [3.05, 3.63) is 58.2 Å². The van der Waals surface area contributed by atoms with Crippen molar-refractivity contribution >= 4 is 24.0 Å².